The second kappa shape index (κ2) is 4.61. The van der Waals surface area contributed by atoms with Gasteiger partial charge in [-0.2, -0.15) is 0 Å². The highest BCUT2D eigenvalue weighted by atomic mass is 16.2. The Hall–Kier alpha value is -1.31. The Bertz CT molecular complexity index is 507. The Balaban J connectivity index is 1.88. The fourth-order valence-electron chi connectivity index (χ4n) is 4.79. The summed E-state index contributed by atoms with van der Waals surface area (Å²) in [6.45, 7) is 7.04. The lowest BCUT2D eigenvalue weighted by molar-refractivity contribution is -0.119. The van der Waals surface area contributed by atoms with Crippen molar-refractivity contribution in [2.45, 2.75) is 52.5 Å². The summed E-state index contributed by atoms with van der Waals surface area (Å²) in [5, 5.41) is 3.26. The van der Waals surface area contributed by atoms with E-state index < -0.39 is 0 Å². The number of hydrogen-bond donors (Lipinski definition) is 1. The quantitative estimate of drug-likeness (QED) is 0.875. The van der Waals surface area contributed by atoms with Crippen LogP contribution < -0.4 is 5.32 Å². The lowest BCUT2D eigenvalue weighted by atomic mass is 9.70. The molecule has 0 bridgehead atoms. The third-order valence-electron chi connectivity index (χ3n) is 5.45. The Morgan fingerprint density at radius 3 is 2.55 bits per heavy atom. The van der Waals surface area contributed by atoms with Crippen molar-refractivity contribution in [1.82, 2.24) is 5.32 Å². The van der Waals surface area contributed by atoms with Gasteiger partial charge in [-0.15, -0.1) is 0 Å². The molecule has 1 heterocycles. The van der Waals surface area contributed by atoms with Crippen LogP contribution in [0.15, 0.2) is 30.3 Å². The SMILES string of the molecule is CC1CC(C)(C)CC12CC(=O)NC2Cc1ccccc1. The fourth-order valence-corrected chi connectivity index (χ4v) is 4.79. The molecule has 2 heteroatoms. The summed E-state index contributed by atoms with van der Waals surface area (Å²) >= 11 is 0. The van der Waals surface area contributed by atoms with Crippen LogP contribution in [0.4, 0.5) is 0 Å². The Morgan fingerprint density at radius 2 is 1.95 bits per heavy atom. The van der Waals surface area contributed by atoms with E-state index in [-0.39, 0.29) is 11.3 Å². The number of rotatable bonds is 2. The largest absolute Gasteiger partial charge is 0.352 e. The second-order valence-corrected chi connectivity index (χ2v) is 7.67. The van der Waals surface area contributed by atoms with Gasteiger partial charge < -0.3 is 5.32 Å². The average molecular weight is 271 g/mol. The predicted octanol–water partition coefficient (Wildman–Crippen LogP) is 3.56. The summed E-state index contributed by atoms with van der Waals surface area (Å²) in [6.07, 6.45) is 4.08. The van der Waals surface area contributed by atoms with Gasteiger partial charge >= 0.3 is 0 Å². The van der Waals surface area contributed by atoms with Crippen molar-refractivity contribution in [1.29, 1.82) is 0 Å². The van der Waals surface area contributed by atoms with Gasteiger partial charge in [0, 0.05) is 17.9 Å². The first kappa shape index (κ1) is 13.7. The molecule has 3 unspecified atom stereocenters. The van der Waals surface area contributed by atoms with E-state index in [0.717, 1.165) is 19.3 Å². The molecule has 1 aliphatic heterocycles. The first-order valence-electron chi connectivity index (χ1n) is 7.75. The van der Waals surface area contributed by atoms with Gasteiger partial charge in [0.25, 0.3) is 0 Å². The highest BCUT2D eigenvalue weighted by Crippen LogP contribution is 2.58. The van der Waals surface area contributed by atoms with Gasteiger partial charge in [-0.1, -0.05) is 51.1 Å². The van der Waals surface area contributed by atoms with Crippen LogP contribution >= 0.6 is 0 Å². The minimum Gasteiger partial charge on any atom is -0.352 e. The molecule has 20 heavy (non-hydrogen) atoms. The zero-order valence-electron chi connectivity index (χ0n) is 12.8. The predicted molar refractivity (Wildman–Crippen MR) is 81.3 cm³/mol. The van der Waals surface area contributed by atoms with Crippen LogP contribution in [0, 0.1) is 16.7 Å². The van der Waals surface area contributed by atoms with Crippen molar-refractivity contribution in [3.05, 3.63) is 35.9 Å². The molecule has 1 aliphatic carbocycles. The molecule has 1 saturated carbocycles. The normalized spacial score (nSPS) is 35.5. The van der Waals surface area contributed by atoms with Crippen molar-refractivity contribution in [2.75, 3.05) is 0 Å². The van der Waals surface area contributed by atoms with Crippen LogP contribution in [0.3, 0.4) is 0 Å². The van der Waals surface area contributed by atoms with Crippen molar-refractivity contribution >= 4 is 5.91 Å². The number of amides is 1. The lowest BCUT2D eigenvalue weighted by Gasteiger charge is -2.35. The molecule has 1 N–H and O–H groups in total. The Kier molecular flexibility index (Phi) is 3.15. The fraction of sp³-hybridized carbons (Fsp3) is 0.611. The standard InChI is InChI=1S/C18H25NO/c1-13-10-17(2,3)12-18(13)11-16(20)19-15(18)9-14-7-5-4-6-8-14/h4-8,13,15H,9-12H2,1-3H3,(H,19,20). The van der Waals surface area contributed by atoms with Crippen LogP contribution in [-0.4, -0.2) is 11.9 Å². The van der Waals surface area contributed by atoms with Crippen molar-refractivity contribution in [2.24, 2.45) is 16.7 Å². The number of hydrogen-bond acceptors (Lipinski definition) is 1. The topological polar surface area (TPSA) is 29.1 Å². The molecule has 2 aliphatic rings. The summed E-state index contributed by atoms with van der Waals surface area (Å²) < 4.78 is 0. The van der Waals surface area contributed by atoms with E-state index in [1.54, 1.807) is 0 Å². The maximum Gasteiger partial charge on any atom is 0.220 e. The Labute approximate surface area is 122 Å². The third-order valence-corrected chi connectivity index (χ3v) is 5.45. The molecule has 3 atom stereocenters. The maximum absolute atomic E-state index is 12.1. The molecule has 0 radical (unpaired) electrons. The van der Waals surface area contributed by atoms with Gasteiger partial charge in [-0.25, -0.2) is 0 Å². The number of carbonyl (C=O) groups is 1. The highest BCUT2D eigenvalue weighted by molar-refractivity contribution is 5.80. The summed E-state index contributed by atoms with van der Waals surface area (Å²) in [5.74, 6) is 0.862. The molecule has 2 nitrogen and oxygen atoms in total. The van der Waals surface area contributed by atoms with Crippen LogP contribution in [-0.2, 0) is 11.2 Å². The van der Waals surface area contributed by atoms with Crippen LogP contribution in [0.25, 0.3) is 0 Å². The van der Waals surface area contributed by atoms with Gasteiger partial charge in [0.05, 0.1) is 0 Å². The molecule has 2 fully saturated rings. The van der Waals surface area contributed by atoms with E-state index in [4.69, 9.17) is 0 Å². The number of carbonyl (C=O) groups excluding carboxylic acids is 1. The molecule has 108 valence electrons. The number of nitrogens with one attached hydrogen (secondary N) is 1. The van der Waals surface area contributed by atoms with E-state index >= 15 is 0 Å². The van der Waals surface area contributed by atoms with Crippen molar-refractivity contribution < 1.29 is 4.79 Å². The minimum atomic E-state index is 0.163. The molecule has 1 spiro atoms. The van der Waals surface area contributed by atoms with Gasteiger partial charge in [0.2, 0.25) is 5.91 Å². The Morgan fingerprint density at radius 1 is 1.25 bits per heavy atom. The molecule has 0 aromatic heterocycles. The number of benzene rings is 1. The lowest BCUT2D eigenvalue weighted by Crippen LogP contribution is -2.41. The highest BCUT2D eigenvalue weighted by Gasteiger charge is 2.56. The molecular weight excluding hydrogens is 246 g/mol. The van der Waals surface area contributed by atoms with Crippen LogP contribution in [0.1, 0.15) is 45.6 Å². The maximum atomic E-state index is 12.1. The monoisotopic (exact) mass is 271 g/mol. The van der Waals surface area contributed by atoms with Crippen LogP contribution in [0.2, 0.25) is 0 Å². The van der Waals surface area contributed by atoms with Gasteiger partial charge in [-0.05, 0) is 36.2 Å². The van der Waals surface area contributed by atoms with Gasteiger partial charge in [0.1, 0.15) is 0 Å². The van der Waals surface area contributed by atoms with Gasteiger partial charge in [-0.3, -0.25) is 4.79 Å². The second-order valence-electron chi connectivity index (χ2n) is 7.67. The molecule has 1 aromatic rings. The summed E-state index contributed by atoms with van der Waals surface area (Å²) in [4.78, 5) is 12.1. The molecule has 1 saturated heterocycles. The first-order valence-corrected chi connectivity index (χ1v) is 7.75. The van der Waals surface area contributed by atoms with E-state index in [1.807, 2.05) is 6.07 Å². The average Bonchev–Trinajstić information content (AvgIpc) is 2.78. The molecule has 3 rings (SSSR count). The van der Waals surface area contributed by atoms with E-state index in [1.165, 1.54) is 12.0 Å². The first-order chi connectivity index (χ1) is 9.41. The summed E-state index contributed by atoms with van der Waals surface area (Å²) in [7, 11) is 0. The van der Waals surface area contributed by atoms with Gasteiger partial charge in [0.15, 0.2) is 0 Å². The summed E-state index contributed by atoms with van der Waals surface area (Å²) in [6, 6.07) is 10.9. The van der Waals surface area contributed by atoms with E-state index in [0.29, 0.717) is 17.4 Å². The minimum absolute atomic E-state index is 0.163. The van der Waals surface area contributed by atoms with Crippen LogP contribution in [0.5, 0.6) is 0 Å². The van der Waals surface area contributed by atoms with Crippen molar-refractivity contribution in [3.8, 4) is 0 Å². The van der Waals surface area contributed by atoms with Crippen molar-refractivity contribution in [3.63, 3.8) is 0 Å². The summed E-state index contributed by atoms with van der Waals surface area (Å²) in [5.41, 5.74) is 1.85. The van der Waals surface area contributed by atoms with E-state index in [2.05, 4.69) is 50.4 Å². The molecule has 1 amide bonds. The molecular formula is C18H25NO. The smallest absolute Gasteiger partial charge is 0.220 e. The zero-order chi connectivity index (χ0) is 14.4. The van der Waals surface area contributed by atoms with E-state index in [9.17, 15) is 4.79 Å². The molecule has 1 aromatic carbocycles. The third kappa shape index (κ3) is 2.25. The zero-order valence-corrected chi connectivity index (χ0v) is 12.8.